The van der Waals surface area contributed by atoms with E-state index in [4.69, 9.17) is 0 Å². The first-order valence-corrected chi connectivity index (χ1v) is 5.97. The number of fused-ring (bicyclic) bond motifs is 1. The molecular formula is C16H14O3. The second kappa shape index (κ2) is 5.06. The SMILES string of the molecule is C=CCC1=C(CC=C)C(=O)c2c(O)cccc2C1=O. The first kappa shape index (κ1) is 13.0. The fourth-order valence-corrected chi connectivity index (χ4v) is 2.28. The first-order valence-electron chi connectivity index (χ1n) is 5.97. The van der Waals surface area contributed by atoms with E-state index in [1.807, 2.05) is 0 Å². The molecule has 0 fully saturated rings. The second-order valence-corrected chi connectivity index (χ2v) is 4.30. The highest BCUT2D eigenvalue weighted by Gasteiger charge is 2.32. The molecule has 1 aromatic carbocycles. The Morgan fingerprint density at radius 1 is 1.00 bits per heavy atom. The molecule has 0 saturated carbocycles. The molecule has 0 spiro atoms. The van der Waals surface area contributed by atoms with E-state index in [2.05, 4.69) is 13.2 Å². The maximum atomic E-state index is 12.4. The number of carbonyl (C=O) groups excluding carboxylic acids is 2. The summed E-state index contributed by atoms with van der Waals surface area (Å²) in [6, 6.07) is 4.53. The van der Waals surface area contributed by atoms with Gasteiger partial charge in [0.25, 0.3) is 0 Å². The molecule has 0 saturated heterocycles. The van der Waals surface area contributed by atoms with Gasteiger partial charge in [-0.05, 0) is 18.9 Å². The Bertz CT molecular complexity index is 621. The molecule has 0 amide bonds. The standard InChI is InChI=1S/C16H14O3/c1-3-6-10-11(7-4-2)16(19)14-12(15(10)18)8-5-9-13(14)17/h3-5,8-9,17H,1-2,6-7H2. The summed E-state index contributed by atoms with van der Waals surface area (Å²) in [4.78, 5) is 24.8. The molecule has 1 aromatic rings. The number of carbonyl (C=O) groups is 2. The highest BCUT2D eigenvalue weighted by Crippen LogP contribution is 2.34. The van der Waals surface area contributed by atoms with E-state index in [-0.39, 0.29) is 28.4 Å². The van der Waals surface area contributed by atoms with Crippen molar-refractivity contribution >= 4 is 11.6 Å². The summed E-state index contributed by atoms with van der Waals surface area (Å²) >= 11 is 0. The number of ketones is 2. The van der Waals surface area contributed by atoms with E-state index in [1.165, 1.54) is 6.07 Å². The van der Waals surface area contributed by atoms with Crippen LogP contribution in [-0.2, 0) is 0 Å². The van der Waals surface area contributed by atoms with E-state index in [9.17, 15) is 14.7 Å². The molecular weight excluding hydrogens is 240 g/mol. The zero-order chi connectivity index (χ0) is 14.0. The molecule has 3 nitrogen and oxygen atoms in total. The highest BCUT2D eigenvalue weighted by molar-refractivity contribution is 6.28. The summed E-state index contributed by atoms with van der Waals surface area (Å²) in [5, 5.41) is 9.81. The van der Waals surface area contributed by atoms with Gasteiger partial charge in [0.05, 0.1) is 5.56 Å². The van der Waals surface area contributed by atoms with Crippen molar-refractivity contribution in [3.63, 3.8) is 0 Å². The Morgan fingerprint density at radius 3 is 2.16 bits per heavy atom. The minimum Gasteiger partial charge on any atom is -0.507 e. The normalized spacial score (nSPS) is 14.3. The summed E-state index contributed by atoms with van der Waals surface area (Å²) < 4.78 is 0. The van der Waals surface area contributed by atoms with Crippen molar-refractivity contribution in [2.75, 3.05) is 0 Å². The number of aromatic hydroxyl groups is 1. The third-order valence-corrected chi connectivity index (χ3v) is 3.12. The van der Waals surface area contributed by atoms with Crippen LogP contribution in [-0.4, -0.2) is 16.7 Å². The van der Waals surface area contributed by atoms with Crippen molar-refractivity contribution in [1.29, 1.82) is 0 Å². The lowest BCUT2D eigenvalue weighted by molar-refractivity contribution is 0.0969. The largest absolute Gasteiger partial charge is 0.507 e. The number of phenols is 1. The van der Waals surface area contributed by atoms with Gasteiger partial charge in [0.2, 0.25) is 0 Å². The van der Waals surface area contributed by atoms with Crippen molar-refractivity contribution < 1.29 is 14.7 Å². The lowest BCUT2D eigenvalue weighted by Crippen LogP contribution is -2.22. The molecule has 1 aliphatic carbocycles. The summed E-state index contributed by atoms with van der Waals surface area (Å²) in [7, 11) is 0. The lowest BCUT2D eigenvalue weighted by Gasteiger charge is -2.20. The zero-order valence-electron chi connectivity index (χ0n) is 10.5. The predicted octanol–water partition coefficient (Wildman–Crippen LogP) is 3.22. The molecule has 2 rings (SSSR count). The molecule has 0 radical (unpaired) electrons. The third kappa shape index (κ3) is 2.03. The van der Waals surface area contributed by atoms with E-state index in [1.54, 1.807) is 24.3 Å². The summed E-state index contributed by atoms with van der Waals surface area (Å²) in [5.41, 5.74) is 1.19. The van der Waals surface area contributed by atoms with Crippen LogP contribution in [0.15, 0.2) is 54.7 Å². The predicted molar refractivity (Wildman–Crippen MR) is 73.4 cm³/mol. The van der Waals surface area contributed by atoms with Gasteiger partial charge in [0, 0.05) is 16.7 Å². The average molecular weight is 254 g/mol. The minimum atomic E-state index is -0.301. The van der Waals surface area contributed by atoms with Crippen molar-refractivity contribution in [3.8, 4) is 5.75 Å². The third-order valence-electron chi connectivity index (χ3n) is 3.12. The van der Waals surface area contributed by atoms with Crippen LogP contribution in [0.1, 0.15) is 33.6 Å². The van der Waals surface area contributed by atoms with Crippen LogP contribution in [0.3, 0.4) is 0 Å². The molecule has 1 N–H and O–H groups in total. The Labute approximate surface area is 111 Å². The van der Waals surface area contributed by atoms with Gasteiger partial charge in [-0.25, -0.2) is 0 Å². The number of hydrogen-bond acceptors (Lipinski definition) is 3. The molecule has 3 heteroatoms. The van der Waals surface area contributed by atoms with Crippen LogP contribution in [0.2, 0.25) is 0 Å². The average Bonchev–Trinajstić information content (AvgIpc) is 2.39. The molecule has 0 aliphatic heterocycles. The van der Waals surface area contributed by atoms with Crippen LogP contribution in [0.25, 0.3) is 0 Å². The van der Waals surface area contributed by atoms with Crippen LogP contribution in [0, 0.1) is 0 Å². The van der Waals surface area contributed by atoms with Gasteiger partial charge in [-0.3, -0.25) is 9.59 Å². The van der Waals surface area contributed by atoms with E-state index < -0.39 is 0 Å². The molecule has 19 heavy (non-hydrogen) atoms. The fraction of sp³-hybridized carbons (Fsp3) is 0.125. The van der Waals surface area contributed by atoms with E-state index in [0.717, 1.165) is 0 Å². The highest BCUT2D eigenvalue weighted by atomic mass is 16.3. The Balaban J connectivity index is 2.69. The van der Waals surface area contributed by atoms with Gasteiger partial charge < -0.3 is 5.11 Å². The first-order chi connectivity index (χ1) is 9.11. The Morgan fingerprint density at radius 2 is 1.58 bits per heavy atom. The summed E-state index contributed by atoms with van der Waals surface area (Å²) in [5.74, 6) is -0.679. The van der Waals surface area contributed by atoms with Gasteiger partial charge in [0.15, 0.2) is 11.6 Å². The molecule has 0 aromatic heterocycles. The van der Waals surface area contributed by atoms with Crippen LogP contribution in [0.4, 0.5) is 0 Å². The van der Waals surface area contributed by atoms with E-state index >= 15 is 0 Å². The molecule has 0 unspecified atom stereocenters. The quantitative estimate of drug-likeness (QED) is 0.839. The monoisotopic (exact) mass is 254 g/mol. The molecule has 0 heterocycles. The van der Waals surface area contributed by atoms with Gasteiger partial charge >= 0.3 is 0 Å². The van der Waals surface area contributed by atoms with Gasteiger partial charge in [0.1, 0.15) is 5.75 Å². The molecule has 0 atom stereocenters. The summed E-state index contributed by atoms with van der Waals surface area (Å²) in [6.07, 6.45) is 3.82. The maximum Gasteiger partial charge on any atom is 0.194 e. The zero-order valence-corrected chi connectivity index (χ0v) is 10.5. The number of benzene rings is 1. The topological polar surface area (TPSA) is 54.4 Å². The van der Waals surface area contributed by atoms with Crippen molar-refractivity contribution in [2.45, 2.75) is 12.8 Å². The fourth-order valence-electron chi connectivity index (χ4n) is 2.28. The minimum absolute atomic E-state index is 0.0946. The summed E-state index contributed by atoms with van der Waals surface area (Å²) in [6.45, 7) is 7.21. The lowest BCUT2D eigenvalue weighted by atomic mass is 9.81. The number of phenolic OH excluding ortho intramolecular Hbond substituents is 1. The number of allylic oxidation sites excluding steroid dienone is 4. The van der Waals surface area contributed by atoms with E-state index in [0.29, 0.717) is 24.0 Å². The molecule has 96 valence electrons. The molecule has 0 bridgehead atoms. The van der Waals surface area contributed by atoms with Gasteiger partial charge in [-0.2, -0.15) is 0 Å². The van der Waals surface area contributed by atoms with Crippen LogP contribution < -0.4 is 0 Å². The van der Waals surface area contributed by atoms with Crippen molar-refractivity contribution in [1.82, 2.24) is 0 Å². The van der Waals surface area contributed by atoms with Crippen molar-refractivity contribution in [2.24, 2.45) is 0 Å². The Hall–Kier alpha value is -2.42. The maximum absolute atomic E-state index is 12.4. The second-order valence-electron chi connectivity index (χ2n) is 4.30. The van der Waals surface area contributed by atoms with Crippen LogP contribution in [0.5, 0.6) is 5.75 Å². The van der Waals surface area contributed by atoms with Crippen LogP contribution >= 0.6 is 0 Å². The van der Waals surface area contributed by atoms with Gasteiger partial charge in [-0.15, -0.1) is 13.2 Å². The van der Waals surface area contributed by atoms with Crippen molar-refractivity contribution in [3.05, 3.63) is 65.8 Å². The van der Waals surface area contributed by atoms with Gasteiger partial charge in [-0.1, -0.05) is 24.3 Å². The Kier molecular flexibility index (Phi) is 3.47. The smallest absolute Gasteiger partial charge is 0.194 e. The number of Topliss-reactive ketones (excluding diaryl/α,β-unsaturated/α-hetero) is 2. The number of rotatable bonds is 4. The number of hydrogen-bond donors (Lipinski definition) is 1. The molecule has 1 aliphatic rings.